The Bertz CT molecular complexity index is 845. The van der Waals surface area contributed by atoms with Gasteiger partial charge < -0.3 is 14.4 Å². The maximum atomic E-state index is 5.94. The molecule has 0 unspecified atom stereocenters. The van der Waals surface area contributed by atoms with Crippen molar-refractivity contribution in [2.24, 2.45) is 0 Å². The fraction of sp³-hybridized carbons (Fsp3) is 0.0625. The van der Waals surface area contributed by atoms with Gasteiger partial charge in [-0.15, -0.1) is 11.3 Å². The topological polar surface area (TPSA) is 34.6 Å². The summed E-state index contributed by atoms with van der Waals surface area (Å²) in [5, 5.41) is 2.81. The van der Waals surface area contributed by atoms with Crippen molar-refractivity contribution < 1.29 is 9.47 Å². The van der Waals surface area contributed by atoms with Crippen LogP contribution in [0.3, 0.4) is 0 Å². The predicted octanol–water partition coefficient (Wildman–Crippen LogP) is 5.01. The van der Waals surface area contributed by atoms with Crippen molar-refractivity contribution in [3.8, 4) is 11.5 Å². The van der Waals surface area contributed by atoms with Crippen molar-refractivity contribution in [1.29, 1.82) is 0 Å². The highest BCUT2D eigenvalue weighted by atomic mass is 35.5. The number of hydrogen-bond acceptors (Lipinski definition) is 5. The van der Waals surface area contributed by atoms with E-state index < -0.39 is 0 Å². The second-order valence-corrected chi connectivity index (χ2v) is 6.24. The van der Waals surface area contributed by atoms with Crippen LogP contribution in [0.25, 0.3) is 10.1 Å². The van der Waals surface area contributed by atoms with Crippen LogP contribution in [-0.2, 0) is 4.74 Å². The Morgan fingerprint density at radius 1 is 1.23 bits per heavy atom. The molecule has 0 N–H and O–H groups in total. The number of ether oxygens (including phenoxy) is 2. The van der Waals surface area contributed by atoms with Crippen LogP contribution in [0.2, 0.25) is 5.02 Å². The van der Waals surface area contributed by atoms with Gasteiger partial charge in [0.25, 0.3) is 0 Å². The number of rotatable bonds is 3. The van der Waals surface area contributed by atoms with Crippen LogP contribution < -0.4 is 9.64 Å². The molecule has 0 saturated carbocycles. The Kier molecular flexibility index (Phi) is 3.36. The van der Waals surface area contributed by atoms with E-state index in [1.807, 2.05) is 29.4 Å². The smallest absolute Gasteiger partial charge is 0.165 e. The summed E-state index contributed by atoms with van der Waals surface area (Å²) in [5.74, 6) is 1.46. The minimum Gasteiger partial charge on any atom is -0.479 e. The normalized spacial score (nSPS) is 13.6. The molecule has 0 saturated heterocycles. The van der Waals surface area contributed by atoms with Crippen molar-refractivity contribution in [3.05, 3.63) is 60.2 Å². The monoisotopic (exact) mass is 330 g/mol. The van der Waals surface area contributed by atoms with Gasteiger partial charge in [-0.25, -0.2) is 0 Å². The summed E-state index contributed by atoms with van der Waals surface area (Å²) in [6.07, 6.45) is 7.17. The molecule has 0 bridgehead atoms. The number of aromatic nitrogens is 1. The molecular formula is C16H11ClN2O2S. The molecule has 0 atom stereocenters. The number of fused-ring (bicyclic) bond motifs is 1. The summed E-state index contributed by atoms with van der Waals surface area (Å²) < 4.78 is 12.2. The van der Waals surface area contributed by atoms with Gasteiger partial charge in [0.1, 0.15) is 12.0 Å². The first-order valence-corrected chi connectivity index (χ1v) is 7.85. The summed E-state index contributed by atoms with van der Waals surface area (Å²) in [5.41, 5.74) is 0. The Hall–Kier alpha value is -2.24. The van der Waals surface area contributed by atoms with Gasteiger partial charge in [0.15, 0.2) is 12.5 Å². The third-order valence-corrected chi connectivity index (χ3v) is 4.63. The molecule has 1 aliphatic rings. The predicted molar refractivity (Wildman–Crippen MR) is 88.7 cm³/mol. The number of pyridine rings is 1. The first-order valence-electron chi connectivity index (χ1n) is 6.65. The second kappa shape index (κ2) is 5.51. The molecule has 2 aromatic heterocycles. The van der Waals surface area contributed by atoms with Crippen molar-refractivity contribution in [2.75, 3.05) is 11.6 Å². The maximum Gasteiger partial charge on any atom is 0.165 e. The number of anilines is 1. The van der Waals surface area contributed by atoms with Crippen LogP contribution in [0.4, 0.5) is 5.00 Å². The standard InChI is InChI=1S/C16H11ClN2O2S/c17-11-1-3-12(4-2-11)21-14-8-18-9-15-13(14)7-16(22-15)19-5-6-20-10-19/h1-9H,10H2. The van der Waals surface area contributed by atoms with Crippen LogP contribution in [-0.4, -0.2) is 11.7 Å². The van der Waals surface area contributed by atoms with Gasteiger partial charge in [0.05, 0.1) is 15.9 Å². The van der Waals surface area contributed by atoms with Crippen LogP contribution in [0.15, 0.2) is 55.2 Å². The highest BCUT2D eigenvalue weighted by Gasteiger charge is 2.14. The highest BCUT2D eigenvalue weighted by molar-refractivity contribution is 7.22. The average molecular weight is 331 g/mol. The molecule has 3 aromatic rings. The maximum absolute atomic E-state index is 5.94. The molecule has 0 aliphatic carbocycles. The fourth-order valence-electron chi connectivity index (χ4n) is 2.19. The number of hydrogen-bond donors (Lipinski definition) is 0. The van der Waals surface area contributed by atoms with Gasteiger partial charge >= 0.3 is 0 Å². The van der Waals surface area contributed by atoms with Gasteiger partial charge in [0, 0.05) is 22.8 Å². The SMILES string of the molecule is Clc1ccc(Oc2cncc3sc(N4C=COC4)cc23)cc1. The van der Waals surface area contributed by atoms with E-state index in [1.54, 1.807) is 35.9 Å². The summed E-state index contributed by atoms with van der Waals surface area (Å²) >= 11 is 7.55. The van der Waals surface area contributed by atoms with Crippen LogP contribution in [0.1, 0.15) is 0 Å². The third kappa shape index (κ3) is 2.49. The van der Waals surface area contributed by atoms with Crippen molar-refractivity contribution >= 4 is 38.0 Å². The molecular weight excluding hydrogens is 320 g/mol. The highest BCUT2D eigenvalue weighted by Crippen LogP contribution is 2.39. The summed E-state index contributed by atoms with van der Waals surface area (Å²) in [4.78, 5) is 6.30. The molecule has 0 radical (unpaired) electrons. The zero-order valence-corrected chi connectivity index (χ0v) is 13.0. The molecule has 110 valence electrons. The van der Waals surface area contributed by atoms with E-state index in [0.29, 0.717) is 11.8 Å². The molecule has 1 aliphatic heterocycles. The molecule has 1 aromatic carbocycles. The van der Waals surface area contributed by atoms with Crippen LogP contribution in [0, 0.1) is 0 Å². The van der Waals surface area contributed by atoms with Crippen molar-refractivity contribution in [1.82, 2.24) is 4.98 Å². The van der Waals surface area contributed by atoms with Gasteiger partial charge in [-0.3, -0.25) is 4.98 Å². The Morgan fingerprint density at radius 2 is 2.09 bits per heavy atom. The number of thiophene rings is 1. The fourth-order valence-corrected chi connectivity index (χ4v) is 3.34. The Morgan fingerprint density at radius 3 is 2.86 bits per heavy atom. The Labute approximate surface area is 136 Å². The number of nitrogens with zero attached hydrogens (tertiary/aromatic N) is 2. The van der Waals surface area contributed by atoms with Gasteiger partial charge in [-0.2, -0.15) is 0 Å². The van der Waals surface area contributed by atoms with E-state index in [2.05, 4.69) is 11.1 Å². The Balaban J connectivity index is 1.71. The molecule has 4 nitrogen and oxygen atoms in total. The van der Waals surface area contributed by atoms with Gasteiger partial charge in [-0.05, 0) is 30.3 Å². The van der Waals surface area contributed by atoms with E-state index in [4.69, 9.17) is 21.1 Å². The molecule has 0 fully saturated rings. The molecule has 3 heterocycles. The minimum absolute atomic E-state index is 0.535. The molecule has 0 amide bonds. The van der Waals surface area contributed by atoms with Crippen molar-refractivity contribution in [3.63, 3.8) is 0 Å². The van der Waals surface area contributed by atoms with Crippen molar-refractivity contribution in [2.45, 2.75) is 0 Å². The summed E-state index contributed by atoms with van der Waals surface area (Å²) in [7, 11) is 0. The molecule has 22 heavy (non-hydrogen) atoms. The quantitative estimate of drug-likeness (QED) is 0.676. The molecule has 0 spiro atoms. The van der Waals surface area contributed by atoms with E-state index >= 15 is 0 Å². The minimum atomic E-state index is 0.535. The third-order valence-electron chi connectivity index (χ3n) is 3.27. The molecule has 6 heteroatoms. The average Bonchev–Trinajstić information content (AvgIpc) is 3.18. The largest absolute Gasteiger partial charge is 0.479 e. The lowest BCUT2D eigenvalue weighted by atomic mass is 10.3. The van der Waals surface area contributed by atoms with E-state index in [-0.39, 0.29) is 0 Å². The first kappa shape index (κ1) is 13.4. The van der Waals surface area contributed by atoms with Gasteiger partial charge in [-0.1, -0.05) is 11.6 Å². The van der Waals surface area contributed by atoms with E-state index in [1.165, 1.54) is 0 Å². The lowest BCUT2D eigenvalue weighted by Gasteiger charge is -2.09. The van der Waals surface area contributed by atoms with Crippen LogP contribution >= 0.6 is 22.9 Å². The zero-order chi connectivity index (χ0) is 14.9. The zero-order valence-electron chi connectivity index (χ0n) is 11.4. The lowest BCUT2D eigenvalue weighted by Crippen LogP contribution is -2.10. The van der Waals surface area contributed by atoms with E-state index in [9.17, 15) is 0 Å². The number of halogens is 1. The number of benzene rings is 1. The summed E-state index contributed by atoms with van der Waals surface area (Å²) in [6, 6.07) is 9.37. The van der Waals surface area contributed by atoms with Gasteiger partial charge in [0.2, 0.25) is 0 Å². The summed E-state index contributed by atoms with van der Waals surface area (Å²) in [6.45, 7) is 0.535. The first-order chi connectivity index (χ1) is 10.8. The van der Waals surface area contributed by atoms with E-state index in [0.717, 1.165) is 26.6 Å². The lowest BCUT2D eigenvalue weighted by molar-refractivity contribution is 0.282. The molecule has 4 rings (SSSR count). The van der Waals surface area contributed by atoms with Crippen LogP contribution in [0.5, 0.6) is 11.5 Å². The second-order valence-electron chi connectivity index (χ2n) is 4.74.